The first-order valence-corrected chi connectivity index (χ1v) is 7.93. The first-order valence-electron chi connectivity index (χ1n) is 7.93. The topological polar surface area (TPSA) is 44.4 Å². The Bertz CT molecular complexity index is 458. The molecule has 4 nitrogen and oxygen atoms in total. The molecule has 0 spiro atoms. The van der Waals surface area contributed by atoms with E-state index in [1.165, 1.54) is 5.56 Å². The molecule has 0 aliphatic carbocycles. The smallest absolute Gasteiger partial charge is 0.234 e. The van der Waals surface area contributed by atoms with E-state index >= 15 is 0 Å². The van der Waals surface area contributed by atoms with Gasteiger partial charge in [0.05, 0.1) is 12.6 Å². The van der Waals surface area contributed by atoms with E-state index in [0.717, 1.165) is 31.6 Å². The maximum Gasteiger partial charge on any atom is 0.234 e. The molecule has 1 aliphatic rings. The molecule has 4 heteroatoms. The van der Waals surface area contributed by atoms with E-state index in [4.69, 9.17) is 0 Å². The van der Waals surface area contributed by atoms with Gasteiger partial charge < -0.3 is 10.6 Å². The molecule has 2 atom stereocenters. The van der Waals surface area contributed by atoms with E-state index in [-0.39, 0.29) is 11.9 Å². The molecule has 2 rings (SSSR count). The van der Waals surface area contributed by atoms with Gasteiger partial charge in [-0.05, 0) is 31.4 Å². The fourth-order valence-corrected chi connectivity index (χ4v) is 2.71. The summed E-state index contributed by atoms with van der Waals surface area (Å²) in [5, 5.41) is 6.44. The van der Waals surface area contributed by atoms with Gasteiger partial charge >= 0.3 is 0 Å². The lowest BCUT2D eigenvalue weighted by Crippen LogP contribution is -2.52. The molecule has 1 aromatic rings. The minimum atomic E-state index is 0.0571. The second kappa shape index (κ2) is 7.57. The van der Waals surface area contributed by atoms with Gasteiger partial charge in [0.2, 0.25) is 5.91 Å². The lowest BCUT2D eigenvalue weighted by molar-refractivity contribution is -0.123. The third kappa shape index (κ3) is 4.55. The molecule has 21 heavy (non-hydrogen) atoms. The van der Waals surface area contributed by atoms with Crippen molar-refractivity contribution in [3.8, 4) is 0 Å². The highest BCUT2D eigenvalue weighted by Gasteiger charge is 2.21. The molecule has 0 radical (unpaired) electrons. The summed E-state index contributed by atoms with van der Waals surface area (Å²) < 4.78 is 0. The van der Waals surface area contributed by atoms with Crippen LogP contribution >= 0.6 is 0 Å². The molecule has 1 amide bonds. The second-order valence-corrected chi connectivity index (χ2v) is 5.91. The van der Waals surface area contributed by atoms with Gasteiger partial charge in [0, 0.05) is 25.7 Å². The number of piperazine rings is 1. The minimum Gasteiger partial charge on any atom is -0.348 e. The summed E-state index contributed by atoms with van der Waals surface area (Å²) in [5.41, 5.74) is 2.49. The number of carbonyl (C=O) groups excluding carboxylic acids is 1. The number of nitrogens with one attached hydrogen (secondary N) is 2. The zero-order valence-electron chi connectivity index (χ0n) is 13.4. The Labute approximate surface area is 127 Å². The highest BCUT2D eigenvalue weighted by Crippen LogP contribution is 2.14. The molecular weight excluding hydrogens is 262 g/mol. The van der Waals surface area contributed by atoms with Gasteiger partial charge in [-0.1, -0.05) is 31.2 Å². The first kappa shape index (κ1) is 16.0. The molecule has 1 heterocycles. The molecule has 116 valence electrons. The lowest BCUT2D eigenvalue weighted by atomic mass is 10.0. The second-order valence-electron chi connectivity index (χ2n) is 5.91. The molecule has 0 saturated carbocycles. The highest BCUT2D eigenvalue weighted by atomic mass is 16.2. The van der Waals surface area contributed by atoms with E-state index in [2.05, 4.69) is 53.6 Å². The molecule has 0 bridgehead atoms. The third-order valence-electron chi connectivity index (χ3n) is 4.25. The molecule has 1 saturated heterocycles. The molecule has 0 aromatic heterocycles. The molecular formula is C17H27N3O. The Kier molecular flexibility index (Phi) is 5.76. The van der Waals surface area contributed by atoms with Gasteiger partial charge in [-0.25, -0.2) is 0 Å². The first-order chi connectivity index (χ1) is 10.1. The van der Waals surface area contributed by atoms with Gasteiger partial charge in [0.25, 0.3) is 0 Å². The highest BCUT2D eigenvalue weighted by molar-refractivity contribution is 5.78. The van der Waals surface area contributed by atoms with Crippen molar-refractivity contribution in [1.29, 1.82) is 0 Å². The summed E-state index contributed by atoms with van der Waals surface area (Å²) in [6.07, 6.45) is 1.04. The average molecular weight is 289 g/mol. The predicted octanol–water partition coefficient (Wildman–Crippen LogP) is 1.72. The van der Waals surface area contributed by atoms with Crippen LogP contribution in [0.4, 0.5) is 0 Å². The molecule has 1 unspecified atom stereocenters. The Morgan fingerprint density at radius 3 is 2.76 bits per heavy atom. The van der Waals surface area contributed by atoms with Gasteiger partial charge in [-0.3, -0.25) is 9.69 Å². The zero-order valence-corrected chi connectivity index (χ0v) is 13.4. The summed E-state index contributed by atoms with van der Waals surface area (Å²) in [6.45, 7) is 9.70. The van der Waals surface area contributed by atoms with E-state index in [0.29, 0.717) is 12.6 Å². The van der Waals surface area contributed by atoms with Crippen molar-refractivity contribution in [3.05, 3.63) is 35.4 Å². The number of carbonyl (C=O) groups is 1. The Morgan fingerprint density at radius 2 is 2.14 bits per heavy atom. The van der Waals surface area contributed by atoms with Gasteiger partial charge in [0.1, 0.15) is 0 Å². The maximum atomic E-state index is 12.2. The lowest BCUT2D eigenvalue weighted by Gasteiger charge is -2.33. The molecule has 2 N–H and O–H groups in total. The van der Waals surface area contributed by atoms with Crippen molar-refractivity contribution in [2.75, 3.05) is 26.2 Å². The number of nitrogens with zero attached hydrogens (tertiary/aromatic N) is 1. The van der Waals surface area contributed by atoms with Crippen LogP contribution in [-0.2, 0) is 11.2 Å². The Morgan fingerprint density at radius 1 is 1.43 bits per heavy atom. The summed E-state index contributed by atoms with van der Waals surface area (Å²) in [6, 6.07) is 8.96. The SMILES string of the molecule is CCc1ccc(C(C)NC(=O)CN2CCNC[C@@H]2C)cc1. The average Bonchev–Trinajstić information content (AvgIpc) is 2.49. The minimum absolute atomic E-state index is 0.0571. The normalized spacial score (nSPS) is 21.0. The van der Waals surface area contributed by atoms with Crippen molar-refractivity contribution < 1.29 is 4.79 Å². The number of amides is 1. The van der Waals surface area contributed by atoms with Crippen LogP contribution in [0.1, 0.15) is 37.9 Å². The van der Waals surface area contributed by atoms with Crippen LogP contribution in [-0.4, -0.2) is 43.0 Å². The van der Waals surface area contributed by atoms with Crippen molar-refractivity contribution in [1.82, 2.24) is 15.5 Å². The monoisotopic (exact) mass is 289 g/mol. The van der Waals surface area contributed by atoms with Crippen molar-refractivity contribution in [2.24, 2.45) is 0 Å². The van der Waals surface area contributed by atoms with Crippen molar-refractivity contribution >= 4 is 5.91 Å². The number of rotatable bonds is 5. The quantitative estimate of drug-likeness (QED) is 0.867. The summed E-state index contributed by atoms with van der Waals surface area (Å²) in [4.78, 5) is 14.4. The molecule has 1 fully saturated rings. The van der Waals surface area contributed by atoms with Crippen molar-refractivity contribution in [3.63, 3.8) is 0 Å². The van der Waals surface area contributed by atoms with Crippen LogP contribution in [0, 0.1) is 0 Å². The standard InChI is InChI=1S/C17H27N3O/c1-4-15-5-7-16(8-6-15)14(3)19-17(21)12-20-10-9-18-11-13(20)2/h5-8,13-14,18H,4,9-12H2,1-3H3,(H,19,21)/t13-,14?/m0/s1. The van der Waals surface area contributed by atoms with E-state index < -0.39 is 0 Å². The Balaban J connectivity index is 1.86. The molecule has 1 aromatic carbocycles. The summed E-state index contributed by atoms with van der Waals surface area (Å²) >= 11 is 0. The fraction of sp³-hybridized carbons (Fsp3) is 0.588. The van der Waals surface area contributed by atoms with Crippen LogP contribution in [0.3, 0.4) is 0 Å². The third-order valence-corrected chi connectivity index (χ3v) is 4.25. The van der Waals surface area contributed by atoms with Crippen LogP contribution in [0.15, 0.2) is 24.3 Å². The van der Waals surface area contributed by atoms with E-state index in [9.17, 15) is 4.79 Å². The molecule has 1 aliphatic heterocycles. The van der Waals surface area contributed by atoms with Crippen LogP contribution < -0.4 is 10.6 Å². The number of hydrogen-bond acceptors (Lipinski definition) is 3. The summed E-state index contributed by atoms with van der Waals surface area (Å²) in [5.74, 6) is 0.107. The van der Waals surface area contributed by atoms with Gasteiger partial charge in [0.15, 0.2) is 0 Å². The maximum absolute atomic E-state index is 12.2. The Hall–Kier alpha value is -1.39. The van der Waals surface area contributed by atoms with Crippen LogP contribution in [0.25, 0.3) is 0 Å². The van der Waals surface area contributed by atoms with Crippen LogP contribution in [0.2, 0.25) is 0 Å². The summed E-state index contributed by atoms with van der Waals surface area (Å²) in [7, 11) is 0. The van der Waals surface area contributed by atoms with Gasteiger partial charge in [-0.15, -0.1) is 0 Å². The number of aryl methyl sites for hydroxylation is 1. The van der Waals surface area contributed by atoms with Crippen molar-refractivity contribution in [2.45, 2.75) is 39.3 Å². The fourth-order valence-electron chi connectivity index (χ4n) is 2.71. The van der Waals surface area contributed by atoms with Crippen LogP contribution in [0.5, 0.6) is 0 Å². The largest absolute Gasteiger partial charge is 0.348 e. The predicted molar refractivity (Wildman–Crippen MR) is 86.3 cm³/mol. The van der Waals surface area contributed by atoms with E-state index in [1.807, 2.05) is 6.92 Å². The number of benzene rings is 1. The van der Waals surface area contributed by atoms with E-state index in [1.54, 1.807) is 0 Å². The zero-order chi connectivity index (χ0) is 15.2. The van der Waals surface area contributed by atoms with Gasteiger partial charge in [-0.2, -0.15) is 0 Å². The number of hydrogen-bond donors (Lipinski definition) is 2.